The summed E-state index contributed by atoms with van der Waals surface area (Å²) in [5, 5.41) is 0.459. The average Bonchev–Trinajstić information content (AvgIpc) is 2.77. The van der Waals surface area contributed by atoms with Crippen LogP contribution in [-0.4, -0.2) is 75.1 Å². The van der Waals surface area contributed by atoms with Crippen LogP contribution in [0.15, 0.2) is 23.1 Å². The molecule has 2 unspecified atom stereocenters. The van der Waals surface area contributed by atoms with Gasteiger partial charge in [-0.1, -0.05) is 30.1 Å². The molecular formula is C20H28Cl2N2O5S. The molecule has 1 aromatic rings. The van der Waals surface area contributed by atoms with Gasteiger partial charge in [0.25, 0.3) is 0 Å². The van der Waals surface area contributed by atoms with Gasteiger partial charge in [0.15, 0.2) is 0 Å². The lowest BCUT2D eigenvalue weighted by Crippen LogP contribution is -2.56. The number of carbonyl (C=O) groups excluding carboxylic acids is 1. The van der Waals surface area contributed by atoms with Gasteiger partial charge in [0, 0.05) is 36.9 Å². The largest absolute Gasteiger partial charge is 0.383 e. The molecule has 10 heteroatoms. The Hall–Kier alpha value is -0.900. The van der Waals surface area contributed by atoms with Gasteiger partial charge < -0.3 is 14.4 Å². The van der Waals surface area contributed by atoms with Crippen LogP contribution in [0.2, 0.25) is 10.0 Å². The molecule has 0 saturated carbocycles. The Morgan fingerprint density at radius 1 is 1.13 bits per heavy atom. The predicted octanol–water partition coefficient (Wildman–Crippen LogP) is 3.19. The summed E-state index contributed by atoms with van der Waals surface area (Å²) in [6.07, 6.45) is 2.24. The smallest absolute Gasteiger partial charge is 0.244 e. The van der Waals surface area contributed by atoms with Crippen LogP contribution in [0.25, 0.3) is 0 Å². The van der Waals surface area contributed by atoms with Crippen molar-refractivity contribution < 1.29 is 22.7 Å². The van der Waals surface area contributed by atoms with Crippen LogP contribution in [-0.2, 0) is 24.3 Å². The molecule has 2 heterocycles. The highest BCUT2D eigenvalue weighted by molar-refractivity contribution is 7.89. The third-order valence-electron chi connectivity index (χ3n) is 5.55. The van der Waals surface area contributed by atoms with Gasteiger partial charge >= 0.3 is 0 Å². The second kappa shape index (κ2) is 10.1. The Kier molecular flexibility index (Phi) is 8.03. The summed E-state index contributed by atoms with van der Waals surface area (Å²) in [5.41, 5.74) is 0. The number of nitrogens with zero attached hydrogens (tertiary/aromatic N) is 2. The van der Waals surface area contributed by atoms with Crippen LogP contribution in [0.4, 0.5) is 0 Å². The minimum atomic E-state index is -4.02. The Bertz CT molecular complexity index is 847. The number of amides is 1. The van der Waals surface area contributed by atoms with Crippen molar-refractivity contribution >= 4 is 39.1 Å². The molecule has 0 N–H and O–H groups in total. The van der Waals surface area contributed by atoms with E-state index in [0.717, 1.165) is 12.8 Å². The standard InChI is InChI=1S/C20H28Cl2N2O5S/c1-3-8-29-19-13-23(7-9-28-2)20(25)18-6-4-5-17(19)24(18)30(26,27)16-11-14(21)10-15(22)12-16/h10-12,17-19H,3-9,13H2,1-2H3/t17?,18?,19-/m0/s1. The summed E-state index contributed by atoms with van der Waals surface area (Å²) >= 11 is 12.1. The van der Waals surface area contributed by atoms with Crippen molar-refractivity contribution in [3.05, 3.63) is 28.2 Å². The lowest BCUT2D eigenvalue weighted by molar-refractivity contribution is -0.135. The van der Waals surface area contributed by atoms with Crippen LogP contribution < -0.4 is 0 Å². The van der Waals surface area contributed by atoms with Gasteiger partial charge in [0.1, 0.15) is 6.04 Å². The van der Waals surface area contributed by atoms with Crippen LogP contribution in [0.1, 0.15) is 32.6 Å². The number of halogens is 2. The highest BCUT2D eigenvalue weighted by Crippen LogP contribution is 2.37. The first kappa shape index (κ1) is 23.8. The summed E-state index contributed by atoms with van der Waals surface area (Å²) in [7, 11) is -2.44. The number of carbonyl (C=O) groups is 1. The van der Waals surface area contributed by atoms with E-state index >= 15 is 0 Å². The number of benzene rings is 1. The van der Waals surface area contributed by atoms with E-state index in [0.29, 0.717) is 39.1 Å². The first-order valence-corrected chi connectivity index (χ1v) is 12.4. The van der Waals surface area contributed by atoms with Crippen molar-refractivity contribution in [1.82, 2.24) is 9.21 Å². The second-order valence-corrected chi connectivity index (χ2v) is 10.4. The van der Waals surface area contributed by atoms with Gasteiger partial charge in [-0.3, -0.25) is 4.79 Å². The number of piperidine rings is 1. The van der Waals surface area contributed by atoms with Crippen molar-refractivity contribution in [1.29, 1.82) is 0 Å². The third kappa shape index (κ3) is 4.95. The van der Waals surface area contributed by atoms with Gasteiger partial charge in [0.05, 0.1) is 23.6 Å². The summed E-state index contributed by atoms with van der Waals surface area (Å²) in [5.74, 6) is -0.212. The van der Waals surface area contributed by atoms with Gasteiger partial charge in [-0.05, 0) is 43.9 Å². The minimum Gasteiger partial charge on any atom is -0.383 e. The molecule has 30 heavy (non-hydrogen) atoms. The predicted molar refractivity (Wildman–Crippen MR) is 115 cm³/mol. The second-order valence-electron chi connectivity index (χ2n) is 7.64. The number of hydrogen-bond acceptors (Lipinski definition) is 5. The van der Waals surface area contributed by atoms with Gasteiger partial charge in [0.2, 0.25) is 15.9 Å². The molecule has 0 spiro atoms. The van der Waals surface area contributed by atoms with Crippen molar-refractivity contribution in [2.75, 3.05) is 33.4 Å². The molecule has 0 aromatic heterocycles. The average molecular weight is 479 g/mol. The van der Waals surface area contributed by atoms with E-state index in [1.54, 1.807) is 12.0 Å². The monoisotopic (exact) mass is 478 g/mol. The molecule has 2 saturated heterocycles. The molecule has 3 atom stereocenters. The van der Waals surface area contributed by atoms with E-state index in [4.69, 9.17) is 32.7 Å². The molecule has 2 bridgehead atoms. The zero-order valence-electron chi connectivity index (χ0n) is 17.2. The molecule has 7 nitrogen and oxygen atoms in total. The van der Waals surface area contributed by atoms with Gasteiger partial charge in [-0.25, -0.2) is 8.42 Å². The van der Waals surface area contributed by atoms with E-state index < -0.39 is 28.2 Å². The Morgan fingerprint density at radius 3 is 2.47 bits per heavy atom. The lowest BCUT2D eigenvalue weighted by Gasteiger charge is -2.40. The van der Waals surface area contributed by atoms with E-state index in [1.807, 2.05) is 6.92 Å². The van der Waals surface area contributed by atoms with Crippen LogP contribution in [0, 0.1) is 0 Å². The van der Waals surface area contributed by atoms with E-state index in [-0.39, 0.29) is 20.8 Å². The molecule has 2 aliphatic heterocycles. The molecule has 1 amide bonds. The normalized spacial score (nSPS) is 25.4. The quantitative estimate of drug-likeness (QED) is 0.573. The molecule has 168 valence electrons. The Labute approximate surface area is 188 Å². The maximum atomic E-state index is 13.7. The number of methoxy groups -OCH3 is 1. The highest BCUT2D eigenvalue weighted by atomic mass is 35.5. The van der Waals surface area contributed by atoms with Crippen LogP contribution in [0.3, 0.4) is 0 Å². The molecule has 3 rings (SSSR count). The minimum absolute atomic E-state index is 0.00992. The summed E-state index contributed by atoms with van der Waals surface area (Å²) in [4.78, 5) is 15.0. The maximum absolute atomic E-state index is 13.7. The third-order valence-corrected chi connectivity index (χ3v) is 7.90. The number of sulfonamides is 1. The van der Waals surface area contributed by atoms with Crippen LogP contribution in [0.5, 0.6) is 0 Å². The zero-order chi connectivity index (χ0) is 21.9. The molecule has 0 aliphatic carbocycles. The molecule has 2 fully saturated rings. The summed E-state index contributed by atoms with van der Waals surface area (Å²) in [6, 6.07) is 3.01. The number of hydrogen-bond donors (Lipinski definition) is 0. The van der Waals surface area contributed by atoms with Crippen molar-refractivity contribution in [3.63, 3.8) is 0 Å². The van der Waals surface area contributed by atoms with Crippen molar-refractivity contribution in [2.45, 2.75) is 55.7 Å². The zero-order valence-corrected chi connectivity index (χ0v) is 19.5. The Balaban J connectivity index is 2.05. The van der Waals surface area contributed by atoms with Gasteiger partial charge in [-0.2, -0.15) is 4.31 Å². The molecule has 1 aromatic carbocycles. The first-order chi connectivity index (χ1) is 14.3. The first-order valence-electron chi connectivity index (χ1n) is 10.2. The number of rotatable bonds is 8. The SMILES string of the molecule is CCCO[C@H]1CN(CCOC)C(=O)C2CCCC1N2S(=O)(=O)c1cc(Cl)cc(Cl)c1. The van der Waals surface area contributed by atoms with Gasteiger partial charge in [-0.15, -0.1) is 0 Å². The summed E-state index contributed by atoms with van der Waals surface area (Å²) < 4.78 is 40.0. The van der Waals surface area contributed by atoms with E-state index in [9.17, 15) is 13.2 Å². The Morgan fingerprint density at radius 2 is 1.83 bits per heavy atom. The fraction of sp³-hybridized carbons (Fsp3) is 0.650. The fourth-order valence-corrected chi connectivity index (χ4v) is 6.79. The van der Waals surface area contributed by atoms with E-state index in [2.05, 4.69) is 0 Å². The number of fused-ring (bicyclic) bond motifs is 2. The highest BCUT2D eigenvalue weighted by Gasteiger charge is 2.50. The topological polar surface area (TPSA) is 76.2 Å². The molecular weight excluding hydrogens is 451 g/mol. The van der Waals surface area contributed by atoms with Crippen molar-refractivity contribution in [3.8, 4) is 0 Å². The van der Waals surface area contributed by atoms with E-state index in [1.165, 1.54) is 22.5 Å². The summed E-state index contributed by atoms with van der Waals surface area (Å²) in [6.45, 7) is 3.60. The molecule has 0 radical (unpaired) electrons. The maximum Gasteiger partial charge on any atom is 0.244 e. The van der Waals surface area contributed by atoms with Crippen molar-refractivity contribution in [2.24, 2.45) is 0 Å². The molecule has 2 aliphatic rings. The lowest BCUT2D eigenvalue weighted by atomic mass is 9.96. The number of ether oxygens (including phenoxy) is 2. The fourth-order valence-electron chi connectivity index (χ4n) is 4.21. The van der Waals surface area contributed by atoms with Crippen LogP contribution >= 0.6 is 23.2 Å².